The minimum Gasteiger partial charge on any atom is -0.465 e. The molecule has 1 aromatic carbocycles. The molecule has 1 N–H and O–H groups in total. The molecule has 0 saturated heterocycles. The van der Waals surface area contributed by atoms with Crippen molar-refractivity contribution in [3.05, 3.63) is 48.3 Å². The van der Waals surface area contributed by atoms with Gasteiger partial charge in [-0.3, -0.25) is 0 Å². The highest BCUT2D eigenvalue weighted by molar-refractivity contribution is 5.91. The van der Waals surface area contributed by atoms with Crippen LogP contribution < -0.4 is 9.80 Å². The lowest BCUT2D eigenvalue weighted by Crippen LogP contribution is -2.36. The molecule has 20 heavy (non-hydrogen) atoms. The van der Waals surface area contributed by atoms with Crippen molar-refractivity contribution in [3.8, 4) is 0 Å². The molecule has 1 atom stereocenters. The van der Waals surface area contributed by atoms with Gasteiger partial charge in [-0.25, -0.2) is 19.7 Å². The molecule has 1 aliphatic rings. The number of benzene rings is 1. The Labute approximate surface area is 116 Å². The molecule has 6 heteroatoms. The van der Waals surface area contributed by atoms with Gasteiger partial charge in [-0.1, -0.05) is 30.3 Å². The molecule has 0 aliphatic carbocycles. The predicted octanol–water partition coefficient (Wildman–Crippen LogP) is 2.50. The van der Waals surface area contributed by atoms with Gasteiger partial charge >= 0.3 is 6.09 Å². The zero-order chi connectivity index (χ0) is 14.1. The molecule has 1 aliphatic heterocycles. The average molecular weight is 270 g/mol. The molecular formula is C14H14N4O2. The molecule has 1 amide bonds. The summed E-state index contributed by atoms with van der Waals surface area (Å²) in [6, 6.07) is 9.95. The smallest absolute Gasteiger partial charge is 0.414 e. The van der Waals surface area contributed by atoms with Crippen LogP contribution in [0.15, 0.2) is 42.7 Å². The fourth-order valence-corrected chi connectivity index (χ4v) is 2.37. The highest BCUT2D eigenvalue weighted by Crippen LogP contribution is 2.37. The largest absolute Gasteiger partial charge is 0.465 e. The Kier molecular flexibility index (Phi) is 2.98. The summed E-state index contributed by atoms with van der Waals surface area (Å²) in [7, 11) is 0. The summed E-state index contributed by atoms with van der Waals surface area (Å²) in [6.45, 7) is 2.27. The van der Waals surface area contributed by atoms with E-state index < -0.39 is 6.09 Å². The summed E-state index contributed by atoms with van der Waals surface area (Å²) in [6.07, 6.45) is 2.06. The van der Waals surface area contributed by atoms with E-state index in [4.69, 9.17) is 0 Å². The molecule has 102 valence electrons. The third-order valence-electron chi connectivity index (χ3n) is 3.46. The first-order valence-electron chi connectivity index (χ1n) is 6.31. The number of amides is 1. The van der Waals surface area contributed by atoms with Crippen molar-refractivity contribution in [1.29, 1.82) is 0 Å². The molecule has 0 saturated carbocycles. The van der Waals surface area contributed by atoms with E-state index in [2.05, 4.69) is 9.97 Å². The summed E-state index contributed by atoms with van der Waals surface area (Å²) in [5, 5.41) is 9.26. The van der Waals surface area contributed by atoms with Gasteiger partial charge in [0.25, 0.3) is 0 Å². The molecule has 3 rings (SSSR count). The van der Waals surface area contributed by atoms with Crippen LogP contribution >= 0.6 is 0 Å². The second-order valence-corrected chi connectivity index (χ2v) is 4.61. The molecule has 1 unspecified atom stereocenters. The number of hydrogen-bond donors (Lipinski definition) is 1. The van der Waals surface area contributed by atoms with Crippen LogP contribution in [0.4, 0.5) is 16.4 Å². The Morgan fingerprint density at radius 2 is 1.85 bits per heavy atom. The monoisotopic (exact) mass is 270 g/mol. The first-order valence-corrected chi connectivity index (χ1v) is 6.31. The van der Waals surface area contributed by atoms with Crippen molar-refractivity contribution >= 4 is 17.7 Å². The number of fused-ring (bicyclic) bond motifs is 1. The lowest BCUT2D eigenvalue weighted by molar-refractivity contribution is 0.202. The number of nitrogens with zero attached hydrogens (tertiary/aromatic N) is 4. The van der Waals surface area contributed by atoms with E-state index in [-0.39, 0.29) is 12.7 Å². The lowest BCUT2D eigenvalue weighted by Gasteiger charge is -2.26. The van der Waals surface area contributed by atoms with Crippen molar-refractivity contribution in [2.24, 2.45) is 0 Å². The summed E-state index contributed by atoms with van der Waals surface area (Å²) in [5.74, 6) is 0.994. The molecule has 0 radical (unpaired) electrons. The van der Waals surface area contributed by atoms with Gasteiger partial charge in [-0.05, 0) is 12.5 Å². The van der Waals surface area contributed by atoms with Crippen LogP contribution in [-0.4, -0.2) is 27.8 Å². The van der Waals surface area contributed by atoms with Gasteiger partial charge in [-0.2, -0.15) is 0 Å². The molecular weight excluding hydrogens is 256 g/mol. The van der Waals surface area contributed by atoms with Gasteiger partial charge in [0.2, 0.25) is 0 Å². The Bertz CT molecular complexity index is 632. The van der Waals surface area contributed by atoms with Crippen LogP contribution in [0.25, 0.3) is 0 Å². The molecule has 0 bridgehead atoms. The Morgan fingerprint density at radius 1 is 1.20 bits per heavy atom. The van der Waals surface area contributed by atoms with E-state index in [0.717, 1.165) is 5.56 Å². The van der Waals surface area contributed by atoms with Crippen LogP contribution in [-0.2, 0) is 0 Å². The van der Waals surface area contributed by atoms with Crippen molar-refractivity contribution in [2.45, 2.75) is 13.0 Å². The zero-order valence-corrected chi connectivity index (χ0v) is 11.0. The van der Waals surface area contributed by atoms with Crippen molar-refractivity contribution in [1.82, 2.24) is 9.97 Å². The Balaban J connectivity index is 1.98. The minimum atomic E-state index is -1.02. The van der Waals surface area contributed by atoms with Crippen LogP contribution in [0.1, 0.15) is 18.5 Å². The standard InChI is InChI=1S/C14H14N4O2/c1-10(11-5-3-2-4-6-11)17-9-18(14(19)20)13-12(17)15-7-8-16-13/h2-8,10H,9H2,1H3,(H,19,20). The highest BCUT2D eigenvalue weighted by atomic mass is 16.4. The van der Waals surface area contributed by atoms with E-state index in [1.54, 1.807) is 6.20 Å². The Hall–Kier alpha value is -2.63. The van der Waals surface area contributed by atoms with Gasteiger partial charge in [0, 0.05) is 12.4 Å². The van der Waals surface area contributed by atoms with Crippen molar-refractivity contribution < 1.29 is 9.90 Å². The first kappa shape index (κ1) is 12.4. The second kappa shape index (κ2) is 4.80. The summed E-state index contributed by atoms with van der Waals surface area (Å²) in [4.78, 5) is 22.9. The van der Waals surface area contributed by atoms with Gasteiger partial charge in [-0.15, -0.1) is 0 Å². The molecule has 1 aromatic heterocycles. The number of carbonyl (C=O) groups is 1. The maximum absolute atomic E-state index is 11.3. The summed E-state index contributed by atoms with van der Waals surface area (Å²) in [5.41, 5.74) is 1.11. The maximum Gasteiger partial charge on any atom is 0.414 e. The molecule has 6 nitrogen and oxygen atoms in total. The topological polar surface area (TPSA) is 69.6 Å². The van der Waals surface area contributed by atoms with Gasteiger partial charge < -0.3 is 10.0 Å². The number of carboxylic acid groups (broad SMARTS) is 1. The molecule has 0 spiro atoms. The third kappa shape index (κ3) is 1.95. The fourth-order valence-electron chi connectivity index (χ4n) is 2.37. The van der Waals surface area contributed by atoms with Gasteiger partial charge in [0.05, 0.1) is 6.04 Å². The lowest BCUT2D eigenvalue weighted by atomic mass is 10.1. The summed E-state index contributed by atoms with van der Waals surface area (Å²) < 4.78 is 0. The molecule has 2 aromatic rings. The number of aromatic nitrogens is 2. The molecule has 2 heterocycles. The zero-order valence-electron chi connectivity index (χ0n) is 11.0. The van der Waals surface area contributed by atoms with Crippen LogP contribution in [0.5, 0.6) is 0 Å². The normalized spacial score (nSPS) is 15.1. The maximum atomic E-state index is 11.3. The minimum absolute atomic E-state index is 0.0241. The number of anilines is 2. The van der Waals surface area contributed by atoms with E-state index >= 15 is 0 Å². The van der Waals surface area contributed by atoms with Crippen LogP contribution in [0, 0.1) is 0 Å². The van der Waals surface area contributed by atoms with E-state index in [1.165, 1.54) is 11.1 Å². The van der Waals surface area contributed by atoms with Crippen molar-refractivity contribution in [3.63, 3.8) is 0 Å². The predicted molar refractivity (Wildman–Crippen MR) is 74.7 cm³/mol. The molecule has 0 fully saturated rings. The fraction of sp³-hybridized carbons (Fsp3) is 0.214. The van der Waals surface area contributed by atoms with Crippen LogP contribution in [0.3, 0.4) is 0 Å². The Morgan fingerprint density at radius 3 is 2.50 bits per heavy atom. The number of rotatable bonds is 2. The second-order valence-electron chi connectivity index (χ2n) is 4.61. The number of hydrogen-bond acceptors (Lipinski definition) is 4. The van der Waals surface area contributed by atoms with E-state index in [9.17, 15) is 9.90 Å². The van der Waals surface area contributed by atoms with Gasteiger partial charge in [0.15, 0.2) is 11.6 Å². The van der Waals surface area contributed by atoms with Crippen LogP contribution in [0.2, 0.25) is 0 Å². The highest BCUT2D eigenvalue weighted by Gasteiger charge is 2.35. The van der Waals surface area contributed by atoms with E-state index in [0.29, 0.717) is 11.6 Å². The average Bonchev–Trinajstić information content (AvgIpc) is 2.87. The SMILES string of the molecule is CC(c1ccccc1)N1CN(C(=O)O)c2nccnc21. The quantitative estimate of drug-likeness (QED) is 0.908. The van der Waals surface area contributed by atoms with E-state index in [1.807, 2.05) is 42.2 Å². The summed E-state index contributed by atoms with van der Waals surface area (Å²) >= 11 is 0. The van der Waals surface area contributed by atoms with Gasteiger partial charge in [0.1, 0.15) is 6.67 Å². The van der Waals surface area contributed by atoms with Crippen molar-refractivity contribution in [2.75, 3.05) is 16.5 Å². The third-order valence-corrected chi connectivity index (χ3v) is 3.46. The first-order chi connectivity index (χ1) is 9.68.